The zero-order valence-corrected chi connectivity index (χ0v) is 25.7. The van der Waals surface area contributed by atoms with Gasteiger partial charge in [0.2, 0.25) is 0 Å². The number of halogens is 5. The summed E-state index contributed by atoms with van der Waals surface area (Å²) in [5.41, 5.74) is -0.423. The highest BCUT2D eigenvalue weighted by atomic mass is 19.4. The largest absolute Gasteiger partial charge is 0.416 e. The Labute approximate surface area is 274 Å². The molecule has 1 aliphatic rings. The number of fused-ring (bicyclic) bond motifs is 1. The quantitative estimate of drug-likeness (QED) is 0.168. The number of ether oxygens (including phenoxy) is 1. The molecule has 16 heteroatoms. The molecule has 2 N–H and O–H groups in total. The molecule has 7 rings (SSSR count). The molecule has 0 aliphatic carbocycles. The third kappa shape index (κ3) is 6.29. The van der Waals surface area contributed by atoms with Gasteiger partial charge in [0, 0.05) is 30.1 Å². The van der Waals surface area contributed by atoms with Crippen LogP contribution in [0.4, 0.5) is 39.1 Å². The summed E-state index contributed by atoms with van der Waals surface area (Å²) >= 11 is 0. The lowest BCUT2D eigenvalue weighted by atomic mass is 10.1. The molecular formula is C33H26F5N9O2. The molecule has 6 aromatic rings. The Morgan fingerprint density at radius 1 is 1.04 bits per heavy atom. The van der Waals surface area contributed by atoms with Crippen molar-refractivity contribution in [2.75, 3.05) is 17.2 Å². The molecule has 1 fully saturated rings. The normalized spacial score (nSPS) is 15.0. The minimum Gasteiger partial charge on any atom is -0.358 e. The first-order valence-electron chi connectivity index (χ1n) is 15.1. The highest BCUT2D eigenvalue weighted by Gasteiger charge is 2.32. The molecule has 1 atom stereocenters. The summed E-state index contributed by atoms with van der Waals surface area (Å²) in [7, 11) is 0. The summed E-state index contributed by atoms with van der Waals surface area (Å²) in [6, 6.07) is 7.79. The van der Waals surface area contributed by atoms with E-state index in [-0.39, 0.29) is 17.7 Å². The van der Waals surface area contributed by atoms with Gasteiger partial charge in [-0.15, -0.1) is 0 Å². The zero-order valence-electron chi connectivity index (χ0n) is 25.7. The number of alkyl halides is 3. The number of imidazole rings is 1. The van der Waals surface area contributed by atoms with Crippen molar-refractivity contribution in [3.05, 3.63) is 102 Å². The van der Waals surface area contributed by atoms with Gasteiger partial charge in [-0.25, -0.2) is 33.4 Å². The fourth-order valence-electron chi connectivity index (χ4n) is 5.57. The van der Waals surface area contributed by atoms with E-state index in [1.807, 2.05) is 4.57 Å². The minimum absolute atomic E-state index is 0.0179. The van der Waals surface area contributed by atoms with Gasteiger partial charge in [0.15, 0.2) is 11.5 Å². The predicted molar refractivity (Wildman–Crippen MR) is 168 cm³/mol. The lowest BCUT2D eigenvalue weighted by Gasteiger charge is -2.23. The summed E-state index contributed by atoms with van der Waals surface area (Å²) in [6.45, 7) is 2.32. The lowest BCUT2D eigenvalue weighted by molar-refractivity contribution is -0.137. The maximum atomic E-state index is 15.9. The van der Waals surface area contributed by atoms with Crippen molar-refractivity contribution in [2.45, 2.75) is 38.6 Å². The van der Waals surface area contributed by atoms with Gasteiger partial charge in [-0.2, -0.15) is 18.3 Å². The van der Waals surface area contributed by atoms with E-state index >= 15 is 8.78 Å². The standard InChI is InChI=1S/C33H26F5N9O2/c1-18-14-43-47(15-18)21-12-19(11-20(13-21)33(36,37)38)32(48)44-24-8-7-23(34)28(26(24)35)45-30-22(5-4-9-39-30)27-29-31(41-16-40-27)46(17-42-29)25-6-2-3-10-49-25/h4-5,7-9,11-17,25H,2-3,6,10H2,1H3,(H,39,45)(H,44,48). The third-order valence-electron chi connectivity index (χ3n) is 7.95. The Kier molecular flexibility index (Phi) is 8.23. The number of anilines is 3. The molecule has 250 valence electrons. The SMILES string of the molecule is Cc1cnn(-c2cc(C(=O)Nc3ccc(F)c(Nc4ncccc4-c4ncnc5c4ncn5C4CCCCO4)c3F)cc(C(F)(F)F)c2)c1. The molecule has 1 saturated heterocycles. The lowest BCUT2D eigenvalue weighted by Crippen LogP contribution is -2.17. The maximum absolute atomic E-state index is 15.9. The number of carbonyl (C=O) groups is 1. The first-order chi connectivity index (χ1) is 23.6. The average Bonchev–Trinajstić information content (AvgIpc) is 3.74. The van der Waals surface area contributed by atoms with Gasteiger partial charge in [-0.1, -0.05) is 0 Å². The second-order valence-electron chi connectivity index (χ2n) is 11.4. The Bertz CT molecular complexity index is 2190. The topological polar surface area (TPSA) is 125 Å². The molecule has 11 nitrogen and oxygen atoms in total. The third-order valence-corrected chi connectivity index (χ3v) is 7.95. The van der Waals surface area contributed by atoms with E-state index in [4.69, 9.17) is 4.74 Å². The van der Waals surface area contributed by atoms with Crippen LogP contribution in [0.1, 0.15) is 47.0 Å². The van der Waals surface area contributed by atoms with Gasteiger partial charge < -0.3 is 15.4 Å². The molecule has 0 bridgehead atoms. The van der Waals surface area contributed by atoms with Crippen molar-refractivity contribution < 1.29 is 31.5 Å². The number of carbonyl (C=O) groups excluding carboxylic acids is 1. The number of benzene rings is 2. The van der Waals surface area contributed by atoms with Crippen LogP contribution in [0.5, 0.6) is 0 Å². The summed E-state index contributed by atoms with van der Waals surface area (Å²) in [6.07, 6.45) is 5.00. The second-order valence-corrected chi connectivity index (χ2v) is 11.4. The Balaban J connectivity index is 1.20. The number of pyridine rings is 1. The van der Waals surface area contributed by atoms with Crippen LogP contribution < -0.4 is 10.6 Å². The number of rotatable bonds is 7. The zero-order chi connectivity index (χ0) is 34.3. The van der Waals surface area contributed by atoms with Gasteiger partial charge in [-0.3, -0.25) is 9.36 Å². The highest BCUT2D eigenvalue weighted by molar-refractivity contribution is 6.05. The summed E-state index contributed by atoms with van der Waals surface area (Å²) < 4.78 is 81.3. The van der Waals surface area contributed by atoms with Crippen LogP contribution in [0.25, 0.3) is 28.1 Å². The van der Waals surface area contributed by atoms with Crippen molar-refractivity contribution in [3.8, 4) is 16.9 Å². The summed E-state index contributed by atoms with van der Waals surface area (Å²) in [5, 5.41) is 8.95. The molecule has 0 spiro atoms. The van der Waals surface area contributed by atoms with Crippen LogP contribution in [0.3, 0.4) is 0 Å². The van der Waals surface area contributed by atoms with E-state index in [1.165, 1.54) is 35.7 Å². The number of hydrogen-bond acceptors (Lipinski definition) is 8. The smallest absolute Gasteiger partial charge is 0.358 e. The van der Waals surface area contributed by atoms with Crippen LogP contribution >= 0.6 is 0 Å². The van der Waals surface area contributed by atoms with Crippen molar-refractivity contribution in [2.24, 2.45) is 0 Å². The van der Waals surface area contributed by atoms with E-state index in [1.54, 1.807) is 25.4 Å². The minimum atomic E-state index is -4.79. The fourth-order valence-corrected chi connectivity index (χ4v) is 5.57. The number of aryl methyl sites for hydroxylation is 1. The highest BCUT2D eigenvalue weighted by Crippen LogP contribution is 2.36. The number of hydrogen-bond donors (Lipinski definition) is 2. The Morgan fingerprint density at radius 2 is 1.90 bits per heavy atom. The summed E-state index contributed by atoms with van der Waals surface area (Å²) in [5.74, 6) is -3.28. The van der Waals surface area contributed by atoms with Crippen LogP contribution in [-0.4, -0.2) is 46.8 Å². The Morgan fingerprint density at radius 3 is 2.65 bits per heavy atom. The average molecular weight is 676 g/mol. The Hall–Kier alpha value is -5.77. The van der Waals surface area contributed by atoms with Gasteiger partial charge in [0.25, 0.3) is 5.91 Å². The second kappa shape index (κ2) is 12.7. The van der Waals surface area contributed by atoms with Gasteiger partial charge in [-0.05, 0) is 74.2 Å². The molecule has 0 radical (unpaired) electrons. The van der Waals surface area contributed by atoms with Crippen molar-refractivity contribution in [1.29, 1.82) is 0 Å². The molecule has 49 heavy (non-hydrogen) atoms. The number of nitrogens with one attached hydrogen (secondary N) is 2. The number of aromatic nitrogens is 7. The molecule has 1 unspecified atom stereocenters. The van der Waals surface area contributed by atoms with Crippen LogP contribution in [0, 0.1) is 18.6 Å². The van der Waals surface area contributed by atoms with E-state index in [9.17, 15) is 18.0 Å². The van der Waals surface area contributed by atoms with Gasteiger partial charge >= 0.3 is 6.18 Å². The fraction of sp³-hybridized carbons (Fsp3) is 0.212. The van der Waals surface area contributed by atoms with E-state index in [2.05, 4.69) is 35.7 Å². The molecule has 1 amide bonds. The first kappa shape index (κ1) is 31.8. The first-order valence-corrected chi connectivity index (χ1v) is 15.1. The van der Waals surface area contributed by atoms with E-state index in [0.717, 1.165) is 37.5 Å². The molecule has 5 heterocycles. The van der Waals surface area contributed by atoms with Crippen LogP contribution in [0.2, 0.25) is 0 Å². The molecule has 1 aliphatic heterocycles. The molecular weight excluding hydrogens is 649 g/mol. The van der Waals surface area contributed by atoms with Crippen molar-refractivity contribution in [3.63, 3.8) is 0 Å². The monoisotopic (exact) mass is 675 g/mol. The molecule has 2 aromatic carbocycles. The van der Waals surface area contributed by atoms with E-state index < -0.39 is 46.2 Å². The molecule has 0 saturated carbocycles. The predicted octanol–water partition coefficient (Wildman–Crippen LogP) is 7.37. The number of nitrogens with zero attached hydrogens (tertiary/aromatic N) is 7. The summed E-state index contributed by atoms with van der Waals surface area (Å²) in [4.78, 5) is 30.8. The maximum Gasteiger partial charge on any atom is 0.416 e. The van der Waals surface area contributed by atoms with Crippen molar-refractivity contribution >= 4 is 34.3 Å². The van der Waals surface area contributed by atoms with E-state index in [0.29, 0.717) is 40.7 Å². The van der Waals surface area contributed by atoms with Crippen LogP contribution in [0.15, 0.2) is 73.7 Å². The van der Waals surface area contributed by atoms with Gasteiger partial charge in [0.05, 0.1) is 29.5 Å². The number of amides is 1. The van der Waals surface area contributed by atoms with Crippen molar-refractivity contribution in [1.82, 2.24) is 34.3 Å². The van der Waals surface area contributed by atoms with Crippen LogP contribution in [-0.2, 0) is 10.9 Å². The van der Waals surface area contributed by atoms with Gasteiger partial charge in [0.1, 0.15) is 41.1 Å². The molecule has 4 aromatic heterocycles.